The molecule has 0 aromatic heterocycles. The number of nitrogens with one attached hydrogen (secondary N) is 1. The van der Waals surface area contributed by atoms with E-state index in [1.807, 2.05) is 0 Å². The quantitative estimate of drug-likeness (QED) is 0.615. The van der Waals surface area contributed by atoms with Crippen LogP contribution in [0, 0.1) is 5.82 Å². The Hall–Kier alpha value is -1.14. The molecule has 0 saturated carbocycles. The summed E-state index contributed by atoms with van der Waals surface area (Å²) in [4.78, 5) is 2.18. The summed E-state index contributed by atoms with van der Waals surface area (Å²) < 4.78 is 52.5. The van der Waals surface area contributed by atoms with Gasteiger partial charge in [-0.2, -0.15) is 13.2 Å². The highest BCUT2D eigenvalue weighted by Crippen LogP contribution is 2.34. The van der Waals surface area contributed by atoms with Crippen molar-refractivity contribution < 1.29 is 17.6 Å². The van der Waals surface area contributed by atoms with Gasteiger partial charge in [0.25, 0.3) is 0 Å². The second kappa shape index (κ2) is 8.11. The highest BCUT2D eigenvalue weighted by molar-refractivity contribution is 5.29. The molecule has 2 rings (SSSR count). The molecule has 0 radical (unpaired) electrons. The van der Waals surface area contributed by atoms with Crippen LogP contribution < -0.4 is 5.32 Å². The molecule has 1 N–H and O–H groups in total. The standard InChI is InChI=1S/C17H24F4N2/c1-2-3-4-5-16(23-10-8-22-9-11-23)14-7-6-13(12-15(14)18)17(19,20)21/h6-7,12,16,22H,2-5,8-11H2,1H3/t16-/m1/s1. The van der Waals surface area contributed by atoms with Crippen molar-refractivity contribution in [1.29, 1.82) is 0 Å². The number of unbranched alkanes of at least 4 members (excludes halogenated alkanes) is 2. The lowest BCUT2D eigenvalue weighted by Crippen LogP contribution is -2.45. The van der Waals surface area contributed by atoms with Crippen LogP contribution >= 0.6 is 0 Å². The van der Waals surface area contributed by atoms with Crippen LogP contribution in [0.25, 0.3) is 0 Å². The molecule has 0 unspecified atom stereocenters. The van der Waals surface area contributed by atoms with Gasteiger partial charge in [0.15, 0.2) is 0 Å². The van der Waals surface area contributed by atoms with Crippen molar-refractivity contribution in [1.82, 2.24) is 10.2 Å². The lowest BCUT2D eigenvalue weighted by atomic mass is 9.96. The molecular formula is C17H24F4N2. The zero-order valence-corrected chi connectivity index (χ0v) is 13.4. The molecule has 1 saturated heterocycles. The van der Waals surface area contributed by atoms with Crippen LogP contribution in [0.3, 0.4) is 0 Å². The van der Waals surface area contributed by atoms with Gasteiger partial charge < -0.3 is 5.32 Å². The van der Waals surface area contributed by atoms with Gasteiger partial charge in [-0.1, -0.05) is 32.3 Å². The lowest BCUT2D eigenvalue weighted by molar-refractivity contribution is -0.137. The smallest absolute Gasteiger partial charge is 0.314 e. The van der Waals surface area contributed by atoms with Crippen LogP contribution in [-0.4, -0.2) is 31.1 Å². The summed E-state index contributed by atoms with van der Waals surface area (Å²) in [6.07, 6.45) is -0.678. The third-order valence-electron chi connectivity index (χ3n) is 4.36. The molecule has 1 aromatic rings. The normalized spacial score (nSPS) is 18.1. The fraction of sp³-hybridized carbons (Fsp3) is 0.647. The first-order chi connectivity index (χ1) is 10.9. The van der Waals surface area contributed by atoms with Crippen molar-refractivity contribution in [3.05, 3.63) is 35.1 Å². The van der Waals surface area contributed by atoms with E-state index in [9.17, 15) is 17.6 Å². The summed E-state index contributed by atoms with van der Waals surface area (Å²) in [5.41, 5.74) is -0.539. The van der Waals surface area contributed by atoms with Crippen molar-refractivity contribution in [2.45, 2.75) is 44.8 Å². The first-order valence-corrected chi connectivity index (χ1v) is 8.25. The average molecular weight is 332 g/mol. The van der Waals surface area contributed by atoms with Gasteiger partial charge in [0.2, 0.25) is 0 Å². The summed E-state index contributed by atoms with van der Waals surface area (Å²) in [6.45, 7) is 5.33. The van der Waals surface area contributed by atoms with Gasteiger partial charge in [-0.15, -0.1) is 0 Å². The molecule has 0 amide bonds. The summed E-state index contributed by atoms with van der Waals surface area (Å²) in [5.74, 6) is -0.750. The lowest BCUT2D eigenvalue weighted by Gasteiger charge is -2.35. The molecule has 0 bridgehead atoms. The van der Waals surface area contributed by atoms with Crippen LogP contribution in [0.5, 0.6) is 0 Å². The minimum atomic E-state index is -4.51. The third-order valence-corrected chi connectivity index (χ3v) is 4.36. The Balaban J connectivity index is 2.23. The van der Waals surface area contributed by atoms with Crippen LogP contribution in [0.4, 0.5) is 17.6 Å². The van der Waals surface area contributed by atoms with Crippen molar-refractivity contribution in [2.24, 2.45) is 0 Å². The van der Waals surface area contributed by atoms with Crippen molar-refractivity contribution in [3.63, 3.8) is 0 Å². The largest absolute Gasteiger partial charge is 0.416 e. The molecule has 130 valence electrons. The van der Waals surface area contributed by atoms with Crippen LogP contribution in [-0.2, 0) is 6.18 Å². The molecule has 1 heterocycles. The van der Waals surface area contributed by atoms with Crippen molar-refractivity contribution in [2.75, 3.05) is 26.2 Å². The Morgan fingerprint density at radius 3 is 2.43 bits per heavy atom. The van der Waals surface area contributed by atoms with E-state index >= 15 is 0 Å². The van der Waals surface area contributed by atoms with Gasteiger partial charge in [0.05, 0.1) is 5.56 Å². The molecule has 23 heavy (non-hydrogen) atoms. The Bertz CT molecular complexity index is 496. The number of piperazine rings is 1. The number of alkyl halides is 3. The maximum absolute atomic E-state index is 14.4. The SMILES string of the molecule is CCCCC[C@H](c1ccc(C(F)(F)F)cc1F)N1CCNCC1. The van der Waals surface area contributed by atoms with E-state index < -0.39 is 17.6 Å². The summed E-state index contributed by atoms with van der Waals surface area (Å²) in [5, 5.41) is 3.25. The zero-order chi connectivity index (χ0) is 16.9. The molecule has 1 aliphatic heterocycles. The van der Waals surface area contributed by atoms with Crippen molar-refractivity contribution >= 4 is 0 Å². The highest BCUT2D eigenvalue weighted by atomic mass is 19.4. The van der Waals surface area contributed by atoms with Crippen LogP contribution in [0.1, 0.15) is 49.8 Å². The molecule has 1 aliphatic rings. The minimum Gasteiger partial charge on any atom is -0.314 e. The Labute approximate surface area is 134 Å². The monoisotopic (exact) mass is 332 g/mol. The number of rotatable bonds is 6. The molecule has 1 fully saturated rings. The van der Waals surface area contributed by atoms with Gasteiger partial charge in [-0.25, -0.2) is 4.39 Å². The summed E-state index contributed by atoms with van der Waals surface area (Å²) in [6, 6.07) is 2.79. The number of benzene rings is 1. The highest BCUT2D eigenvalue weighted by Gasteiger charge is 2.32. The van der Waals surface area contributed by atoms with Crippen molar-refractivity contribution in [3.8, 4) is 0 Å². The molecule has 0 aliphatic carbocycles. The van der Waals surface area contributed by atoms with Gasteiger partial charge in [-0.05, 0) is 18.6 Å². The minimum absolute atomic E-state index is 0.147. The average Bonchev–Trinajstić information content (AvgIpc) is 2.52. The zero-order valence-electron chi connectivity index (χ0n) is 13.4. The number of hydrogen-bond acceptors (Lipinski definition) is 2. The topological polar surface area (TPSA) is 15.3 Å². The van der Waals surface area contributed by atoms with E-state index in [0.717, 1.165) is 57.9 Å². The van der Waals surface area contributed by atoms with E-state index in [1.54, 1.807) is 0 Å². The predicted molar refractivity (Wildman–Crippen MR) is 82.7 cm³/mol. The number of hydrogen-bond donors (Lipinski definition) is 1. The molecule has 2 nitrogen and oxygen atoms in total. The molecule has 1 aromatic carbocycles. The van der Waals surface area contributed by atoms with E-state index in [1.165, 1.54) is 6.07 Å². The van der Waals surface area contributed by atoms with E-state index in [2.05, 4.69) is 17.1 Å². The van der Waals surface area contributed by atoms with Crippen LogP contribution in [0.15, 0.2) is 18.2 Å². The van der Waals surface area contributed by atoms with Gasteiger partial charge in [0.1, 0.15) is 5.82 Å². The second-order valence-electron chi connectivity index (χ2n) is 6.03. The Kier molecular flexibility index (Phi) is 6.41. The maximum Gasteiger partial charge on any atom is 0.416 e. The van der Waals surface area contributed by atoms with Crippen LogP contribution in [0.2, 0.25) is 0 Å². The molecule has 1 atom stereocenters. The van der Waals surface area contributed by atoms with Gasteiger partial charge in [0, 0.05) is 37.8 Å². The van der Waals surface area contributed by atoms with E-state index in [4.69, 9.17) is 0 Å². The fourth-order valence-electron chi connectivity index (χ4n) is 3.09. The Morgan fingerprint density at radius 2 is 1.87 bits per heavy atom. The van der Waals surface area contributed by atoms with E-state index in [-0.39, 0.29) is 6.04 Å². The van der Waals surface area contributed by atoms with Gasteiger partial charge >= 0.3 is 6.18 Å². The summed E-state index contributed by atoms with van der Waals surface area (Å²) >= 11 is 0. The molecule has 0 spiro atoms. The molecular weight excluding hydrogens is 308 g/mol. The van der Waals surface area contributed by atoms with Gasteiger partial charge in [-0.3, -0.25) is 4.90 Å². The number of halogens is 4. The second-order valence-corrected chi connectivity index (χ2v) is 6.03. The predicted octanol–water partition coefficient (Wildman–Crippen LogP) is 4.37. The maximum atomic E-state index is 14.4. The molecule has 6 heteroatoms. The third kappa shape index (κ3) is 4.91. The Morgan fingerprint density at radius 1 is 1.17 bits per heavy atom. The number of nitrogens with zero attached hydrogens (tertiary/aromatic N) is 1. The fourth-order valence-corrected chi connectivity index (χ4v) is 3.09. The first-order valence-electron chi connectivity index (χ1n) is 8.25. The van der Waals surface area contributed by atoms with E-state index in [0.29, 0.717) is 11.6 Å². The first kappa shape index (κ1) is 18.2. The summed E-state index contributed by atoms with van der Waals surface area (Å²) in [7, 11) is 0.